The first-order chi connectivity index (χ1) is 14.7. The van der Waals surface area contributed by atoms with Crippen LogP contribution in [-0.4, -0.2) is 27.4 Å². The van der Waals surface area contributed by atoms with E-state index in [2.05, 4.69) is 10.1 Å². The van der Waals surface area contributed by atoms with Gasteiger partial charge in [0, 0.05) is 18.3 Å². The van der Waals surface area contributed by atoms with Gasteiger partial charge in [0.15, 0.2) is 4.80 Å². The van der Waals surface area contributed by atoms with E-state index in [9.17, 15) is 9.59 Å². The Balaban J connectivity index is 2.02. The summed E-state index contributed by atoms with van der Waals surface area (Å²) in [6.45, 7) is 3.62. The molecule has 0 saturated heterocycles. The number of nitrogens with zero attached hydrogens (tertiary/aromatic N) is 4. The van der Waals surface area contributed by atoms with E-state index in [1.165, 1.54) is 23.0 Å². The SMILES string of the molecule is COC(=O)C1=C(C)N=c2s/c(=C/c3cccc(Cl)c3Cl)c(=O)n2C1c1cnn(C)c1C. The van der Waals surface area contributed by atoms with Crippen molar-refractivity contribution >= 4 is 46.6 Å². The van der Waals surface area contributed by atoms with Crippen LogP contribution in [0.5, 0.6) is 0 Å². The maximum absolute atomic E-state index is 13.5. The summed E-state index contributed by atoms with van der Waals surface area (Å²) in [6.07, 6.45) is 3.34. The Morgan fingerprint density at radius 2 is 2.03 bits per heavy atom. The molecule has 0 saturated carbocycles. The van der Waals surface area contributed by atoms with E-state index in [1.807, 2.05) is 6.92 Å². The number of benzene rings is 1. The highest BCUT2D eigenvalue weighted by Crippen LogP contribution is 2.32. The van der Waals surface area contributed by atoms with Crippen LogP contribution in [0.2, 0.25) is 10.0 Å². The standard InChI is InChI=1S/C21H18Cl2N4O3S/c1-10-16(20(29)30-4)18(13-9-24-26(3)11(13)2)27-19(28)15(31-21(27)25-10)8-12-6-5-7-14(22)17(12)23/h5-9,18H,1-4H3/b15-8+. The molecule has 1 atom stereocenters. The number of ether oxygens (including phenoxy) is 1. The van der Waals surface area contributed by atoms with E-state index in [4.69, 9.17) is 27.9 Å². The minimum absolute atomic E-state index is 0.290. The fraction of sp³-hybridized carbons (Fsp3) is 0.238. The van der Waals surface area contributed by atoms with E-state index in [0.29, 0.717) is 36.2 Å². The molecule has 10 heteroatoms. The van der Waals surface area contributed by atoms with Gasteiger partial charge in [-0.15, -0.1) is 0 Å². The molecule has 7 nitrogen and oxygen atoms in total. The third-order valence-electron chi connectivity index (χ3n) is 5.26. The van der Waals surface area contributed by atoms with E-state index in [-0.39, 0.29) is 5.56 Å². The van der Waals surface area contributed by atoms with E-state index in [1.54, 1.807) is 49.1 Å². The molecule has 0 spiro atoms. The number of aryl methyl sites for hydroxylation is 1. The normalized spacial score (nSPS) is 16.3. The number of thiazole rings is 1. The molecule has 0 fully saturated rings. The van der Waals surface area contributed by atoms with Gasteiger partial charge in [0.2, 0.25) is 0 Å². The minimum atomic E-state index is -0.700. The second-order valence-corrected chi connectivity index (χ2v) is 8.82. The molecule has 3 aromatic rings. The second kappa shape index (κ2) is 8.11. The molecule has 0 amide bonds. The lowest BCUT2D eigenvalue weighted by Gasteiger charge is -2.23. The van der Waals surface area contributed by atoms with Crippen LogP contribution >= 0.6 is 34.5 Å². The average Bonchev–Trinajstić information content (AvgIpc) is 3.23. The van der Waals surface area contributed by atoms with Gasteiger partial charge < -0.3 is 4.74 Å². The van der Waals surface area contributed by atoms with Gasteiger partial charge >= 0.3 is 5.97 Å². The highest BCUT2D eigenvalue weighted by atomic mass is 35.5. The van der Waals surface area contributed by atoms with Crippen LogP contribution in [-0.2, 0) is 16.6 Å². The smallest absolute Gasteiger partial charge is 0.338 e. The fourth-order valence-electron chi connectivity index (χ4n) is 3.54. The Kier molecular flexibility index (Phi) is 5.63. The summed E-state index contributed by atoms with van der Waals surface area (Å²) >= 11 is 13.6. The van der Waals surface area contributed by atoms with E-state index in [0.717, 1.165) is 11.3 Å². The molecule has 160 valence electrons. The van der Waals surface area contributed by atoms with Gasteiger partial charge in [-0.25, -0.2) is 9.79 Å². The zero-order valence-corrected chi connectivity index (χ0v) is 19.5. The van der Waals surface area contributed by atoms with Crippen LogP contribution in [0.15, 0.2) is 45.5 Å². The molecule has 0 N–H and O–H groups in total. The summed E-state index contributed by atoms with van der Waals surface area (Å²) in [5.74, 6) is -0.540. The summed E-state index contributed by atoms with van der Waals surface area (Å²) in [4.78, 5) is 31.1. The number of hydrogen-bond donors (Lipinski definition) is 0. The third kappa shape index (κ3) is 3.54. The fourth-order valence-corrected chi connectivity index (χ4v) is 4.94. The van der Waals surface area contributed by atoms with Gasteiger partial charge in [-0.1, -0.05) is 46.7 Å². The van der Waals surface area contributed by atoms with Crippen molar-refractivity contribution in [2.45, 2.75) is 19.9 Å². The van der Waals surface area contributed by atoms with Gasteiger partial charge in [-0.2, -0.15) is 5.10 Å². The number of methoxy groups -OCH3 is 1. The first-order valence-corrected chi connectivity index (χ1v) is 10.8. The highest BCUT2D eigenvalue weighted by molar-refractivity contribution is 7.07. The molecular formula is C21H18Cl2N4O3S. The van der Waals surface area contributed by atoms with Crippen LogP contribution in [0.4, 0.5) is 0 Å². The number of esters is 1. The molecule has 31 heavy (non-hydrogen) atoms. The molecule has 0 radical (unpaired) electrons. The topological polar surface area (TPSA) is 78.5 Å². The molecule has 1 aliphatic heterocycles. The monoisotopic (exact) mass is 476 g/mol. The summed E-state index contributed by atoms with van der Waals surface area (Å²) < 4.78 is 8.64. The average molecular weight is 477 g/mol. The zero-order valence-electron chi connectivity index (χ0n) is 17.1. The summed E-state index contributed by atoms with van der Waals surface area (Å²) in [5.41, 5.74) is 2.69. The van der Waals surface area contributed by atoms with Crippen molar-refractivity contribution in [1.82, 2.24) is 14.3 Å². The van der Waals surface area contributed by atoms with Crippen molar-refractivity contribution in [2.75, 3.05) is 7.11 Å². The lowest BCUT2D eigenvalue weighted by Crippen LogP contribution is -2.40. The van der Waals surface area contributed by atoms with Crippen molar-refractivity contribution in [2.24, 2.45) is 12.0 Å². The molecular weight excluding hydrogens is 459 g/mol. The number of halogens is 2. The van der Waals surface area contributed by atoms with Gasteiger partial charge in [-0.05, 0) is 31.6 Å². The summed E-state index contributed by atoms with van der Waals surface area (Å²) in [7, 11) is 3.11. The number of hydrogen-bond acceptors (Lipinski definition) is 6. The van der Waals surface area contributed by atoms with Gasteiger partial charge in [0.1, 0.15) is 6.04 Å². The minimum Gasteiger partial charge on any atom is -0.466 e. The second-order valence-electron chi connectivity index (χ2n) is 7.03. The summed E-state index contributed by atoms with van der Waals surface area (Å²) in [6, 6.07) is 4.52. The van der Waals surface area contributed by atoms with Crippen LogP contribution in [0, 0.1) is 6.92 Å². The van der Waals surface area contributed by atoms with Crippen LogP contribution in [0.25, 0.3) is 6.08 Å². The van der Waals surface area contributed by atoms with Crippen LogP contribution < -0.4 is 14.9 Å². The number of aromatic nitrogens is 3. The molecule has 4 rings (SSSR count). The number of carbonyl (C=O) groups excluding carboxylic acids is 1. The third-order valence-corrected chi connectivity index (χ3v) is 7.08. The van der Waals surface area contributed by atoms with Crippen molar-refractivity contribution in [1.29, 1.82) is 0 Å². The highest BCUT2D eigenvalue weighted by Gasteiger charge is 2.35. The van der Waals surface area contributed by atoms with Gasteiger partial charge in [0.05, 0.1) is 39.2 Å². The zero-order chi connectivity index (χ0) is 22.4. The molecule has 2 aromatic heterocycles. The van der Waals surface area contributed by atoms with Crippen LogP contribution in [0.3, 0.4) is 0 Å². The molecule has 1 aromatic carbocycles. The van der Waals surface area contributed by atoms with E-state index >= 15 is 0 Å². The molecule has 1 unspecified atom stereocenters. The van der Waals surface area contributed by atoms with Gasteiger partial charge in [-0.3, -0.25) is 14.0 Å². The van der Waals surface area contributed by atoms with Crippen molar-refractivity contribution < 1.29 is 9.53 Å². The number of rotatable bonds is 3. The maximum atomic E-state index is 13.5. The Morgan fingerprint density at radius 3 is 2.68 bits per heavy atom. The Bertz CT molecular complexity index is 1430. The quantitative estimate of drug-likeness (QED) is 0.544. The van der Waals surface area contributed by atoms with Crippen LogP contribution in [0.1, 0.15) is 29.8 Å². The first-order valence-electron chi connectivity index (χ1n) is 9.28. The Hall–Kier alpha value is -2.68. The molecule has 3 heterocycles. The number of carbonyl (C=O) groups is 1. The lowest BCUT2D eigenvalue weighted by atomic mass is 9.96. The Morgan fingerprint density at radius 1 is 1.29 bits per heavy atom. The molecule has 1 aliphatic rings. The van der Waals surface area contributed by atoms with Crippen molar-refractivity contribution in [3.05, 3.63) is 82.2 Å². The van der Waals surface area contributed by atoms with Crippen molar-refractivity contribution in [3.8, 4) is 0 Å². The van der Waals surface area contributed by atoms with E-state index < -0.39 is 12.0 Å². The lowest BCUT2D eigenvalue weighted by molar-refractivity contribution is -0.136. The maximum Gasteiger partial charge on any atom is 0.338 e. The predicted molar refractivity (Wildman–Crippen MR) is 120 cm³/mol. The van der Waals surface area contributed by atoms with Crippen molar-refractivity contribution in [3.63, 3.8) is 0 Å². The number of allylic oxidation sites excluding steroid dienone is 1. The largest absolute Gasteiger partial charge is 0.466 e. The van der Waals surface area contributed by atoms with Gasteiger partial charge in [0.25, 0.3) is 5.56 Å². The summed E-state index contributed by atoms with van der Waals surface area (Å²) in [5, 5.41) is 5.05. The molecule has 0 bridgehead atoms. The number of fused-ring (bicyclic) bond motifs is 1. The molecule has 0 aliphatic carbocycles. The first kappa shape index (κ1) is 21.5. The predicted octanol–water partition coefficient (Wildman–Crippen LogP) is 2.76. The Labute approximate surface area is 191 Å².